The van der Waals surface area contributed by atoms with Crippen LogP contribution in [0, 0.1) is 92.5 Å². The Hall–Kier alpha value is -5.75. The summed E-state index contributed by atoms with van der Waals surface area (Å²) < 4.78 is 31.9. The predicted molar refractivity (Wildman–Crippen MR) is 311 cm³/mol. The third-order valence-corrected chi connectivity index (χ3v) is 17.2. The number of nitrogens with one attached hydrogen (secondary N) is 1. The largest absolute Gasteiger partial charge is 2.00 e. The molecule has 0 radical (unpaired) electrons. The fourth-order valence-electron chi connectivity index (χ4n) is 10.7. The van der Waals surface area contributed by atoms with Crippen molar-refractivity contribution in [2.24, 2.45) is 11.8 Å². The minimum absolute atomic E-state index is 0. The molecule has 5 aliphatic rings. The minimum atomic E-state index is -0.763. The maximum absolute atomic E-state index is 13.2. The van der Waals surface area contributed by atoms with Crippen LogP contribution in [0.4, 0.5) is 0 Å². The van der Waals surface area contributed by atoms with Gasteiger partial charge in [-0.1, -0.05) is 85.8 Å². The number of aromatic nitrogens is 1. The standard InChI is InChI=1S/C66H70Cl2N6O6.U/c1-6-65(4,28-45-10-7-11-45)73(35-46-16-17-46)37-54-24-58(67)62(26-60(54)77-39-50-22-48(29-69)31-71-33-50)79-41-52-12-8-14-56(43(52)2)57-15-9-13-53(44(57)3)42-80-63-27-61(78-40-51-23-49(30-70)32-72-34-51)55(25-59(63)68)38-74(36-47-18-19-47)66(5)20-21-76-64(66)75;/h8-9,12-15,22-27,31,33-34,46-47,72H,1,6-7,10-11,16-21,32,35-42H2,2-5H3;/q-2;+2. The van der Waals surface area contributed by atoms with Crippen molar-refractivity contribution in [3.8, 4) is 46.3 Å². The maximum atomic E-state index is 13.2. The molecule has 0 bridgehead atoms. The van der Waals surface area contributed by atoms with Crippen molar-refractivity contribution in [3.05, 3.63) is 176 Å². The van der Waals surface area contributed by atoms with Crippen molar-refractivity contribution >= 4 is 29.2 Å². The Bertz CT molecular complexity index is 3320. The Labute approximate surface area is 511 Å². The summed E-state index contributed by atoms with van der Waals surface area (Å²) in [5.41, 5.74) is 11.0. The van der Waals surface area contributed by atoms with Gasteiger partial charge in [0.2, 0.25) is 0 Å². The number of hydrogen-bond donors (Lipinski definition) is 1. The number of allylic oxidation sites excluding steroid dienone is 1. The molecule has 4 fully saturated rings. The monoisotopic (exact) mass is 1350 g/mol. The van der Waals surface area contributed by atoms with Crippen LogP contribution in [0.1, 0.15) is 116 Å². The first-order chi connectivity index (χ1) is 38.7. The van der Waals surface area contributed by atoms with Gasteiger partial charge in [-0.2, -0.15) is 16.9 Å². The molecule has 1 aromatic heterocycles. The van der Waals surface area contributed by atoms with Crippen molar-refractivity contribution in [3.63, 3.8) is 0 Å². The van der Waals surface area contributed by atoms with E-state index in [-0.39, 0.29) is 69.0 Å². The Morgan fingerprint density at radius 1 is 0.802 bits per heavy atom. The van der Waals surface area contributed by atoms with E-state index >= 15 is 0 Å². The average molecular weight is 1350 g/mol. The Morgan fingerprint density at radius 3 is 1.96 bits per heavy atom. The molecule has 1 saturated heterocycles. The number of esters is 1. The van der Waals surface area contributed by atoms with Gasteiger partial charge in [0, 0.05) is 91.2 Å². The first kappa shape index (κ1) is 59.9. The maximum Gasteiger partial charge on any atom is 2.00 e. The molecule has 3 saturated carbocycles. The second-order valence-corrected chi connectivity index (χ2v) is 23.4. The molecule has 15 heteroatoms. The number of cyclic esters (lactones) is 1. The summed E-state index contributed by atoms with van der Waals surface area (Å²) in [4.78, 5) is 22.2. The van der Waals surface area contributed by atoms with Crippen molar-refractivity contribution in [2.75, 3.05) is 32.8 Å². The molecule has 2 aliphatic heterocycles. The molecule has 10 rings (SSSR count). The van der Waals surface area contributed by atoms with E-state index in [4.69, 9.17) is 46.9 Å². The van der Waals surface area contributed by atoms with Crippen LogP contribution >= 0.6 is 23.2 Å². The van der Waals surface area contributed by atoms with E-state index in [0.717, 1.165) is 94.4 Å². The molecule has 4 aromatic carbocycles. The number of hydrogen-bond acceptors (Lipinski definition) is 12. The zero-order valence-electron chi connectivity index (χ0n) is 46.9. The van der Waals surface area contributed by atoms with Crippen molar-refractivity contribution < 1.29 is 59.6 Å². The van der Waals surface area contributed by atoms with E-state index < -0.39 is 5.54 Å². The number of carbonyl (C=O) groups is 1. The van der Waals surface area contributed by atoms with Crippen LogP contribution in [0.5, 0.6) is 23.0 Å². The summed E-state index contributed by atoms with van der Waals surface area (Å²) in [6.07, 6.45) is 20.2. The van der Waals surface area contributed by atoms with Gasteiger partial charge in [-0.05, 0) is 122 Å². The quantitative estimate of drug-likeness (QED) is 0.0439. The van der Waals surface area contributed by atoms with E-state index in [0.29, 0.717) is 95.1 Å². The van der Waals surface area contributed by atoms with Crippen molar-refractivity contribution in [1.29, 1.82) is 10.5 Å². The van der Waals surface area contributed by atoms with E-state index in [2.05, 4.69) is 96.3 Å². The molecule has 3 aliphatic carbocycles. The summed E-state index contributed by atoms with van der Waals surface area (Å²) >= 11 is 14.3. The van der Waals surface area contributed by atoms with Crippen LogP contribution in [0.25, 0.3) is 11.1 Å². The number of pyridine rings is 1. The number of ether oxygens (including phenoxy) is 5. The van der Waals surface area contributed by atoms with Gasteiger partial charge in [0.25, 0.3) is 0 Å². The number of dihydropyridines is 1. The second-order valence-electron chi connectivity index (χ2n) is 22.6. The van der Waals surface area contributed by atoms with Gasteiger partial charge in [0.15, 0.2) is 0 Å². The van der Waals surface area contributed by atoms with E-state index in [1.54, 1.807) is 18.5 Å². The predicted octanol–water partition coefficient (Wildman–Crippen LogP) is 13.6. The van der Waals surface area contributed by atoms with Gasteiger partial charge in [-0.3, -0.25) is 20.3 Å². The summed E-state index contributed by atoms with van der Waals surface area (Å²) in [6.45, 7) is 17.4. The summed E-state index contributed by atoms with van der Waals surface area (Å²) in [6, 6.07) is 26.3. The molecule has 0 amide bonds. The molecule has 3 heterocycles. The molecule has 5 aromatic rings. The van der Waals surface area contributed by atoms with Gasteiger partial charge in [0.1, 0.15) is 61.0 Å². The number of nitrogens with zero attached hydrogens (tertiary/aromatic N) is 5. The molecular weight excluding hydrogens is 1280 g/mol. The smallest absolute Gasteiger partial charge is 0.488 e. The van der Waals surface area contributed by atoms with Crippen LogP contribution in [0.15, 0.2) is 108 Å². The topological polar surface area (TPSA) is 142 Å². The van der Waals surface area contributed by atoms with Crippen LogP contribution in [-0.4, -0.2) is 64.7 Å². The Kier molecular flexibility index (Phi) is 19.7. The summed E-state index contributed by atoms with van der Waals surface area (Å²) in [7, 11) is 0. The number of benzene rings is 4. The van der Waals surface area contributed by atoms with E-state index in [9.17, 15) is 15.3 Å². The third kappa shape index (κ3) is 14.5. The molecular formula is C66H70Cl2N6O6U. The van der Waals surface area contributed by atoms with Crippen LogP contribution in [0.2, 0.25) is 10.0 Å². The van der Waals surface area contributed by atoms with Crippen LogP contribution < -0.4 is 24.3 Å². The van der Waals surface area contributed by atoms with Crippen molar-refractivity contribution in [2.45, 2.75) is 129 Å². The minimum Gasteiger partial charge on any atom is -0.488 e. The Morgan fingerprint density at radius 2 is 1.41 bits per heavy atom. The van der Waals surface area contributed by atoms with Gasteiger partial charge < -0.3 is 46.9 Å². The van der Waals surface area contributed by atoms with Gasteiger partial charge in [-0.15, -0.1) is 5.54 Å². The molecule has 0 spiro atoms. The average Bonchev–Trinajstić information content (AvgIpc) is 4.53. The molecule has 418 valence electrons. The SMILES string of the molecule is [CH2-]CC(C)([C-]=C1CCC1)N(Cc1cc(Cl)c(OCc2cccc(-c3cccc(COc4cc(OCC5=CNCC(C#N)=C5)c(CN(CC5CC5)C5(C)CCOC5=O)cc4Cl)c3C)c2C)cc1OCc1cncc(C#N)c1)CC1CC1.[U+2]. The second kappa shape index (κ2) is 26.7. The fraction of sp³-hybridized carbons (Fsp3) is 0.409. The third-order valence-electron chi connectivity index (χ3n) is 16.6. The summed E-state index contributed by atoms with van der Waals surface area (Å²) in [5, 5.41) is 23.3. The molecule has 2 atom stereocenters. The zero-order valence-corrected chi connectivity index (χ0v) is 52.6. The van der Waals surface area contributed by atoms with Crippen LogP contribution in [0.3, 0.4) is 0 Å². The van der Waals surface area contributed by atoms with E-state index in [1.807, 2.05) is 49.5 Å². The van der Waals surface area contributed by atoms with Gasteiger partial charge in [-0.25, -0.2) is 0 Å². The number of nitriles is 2. The number of rotatable bonds is 25. The zero-order chi connectivity index (χ0) is 56.0. The normalized spacial score (nSPS) is 18.3. The summed E-state index contributed by atoms with van der Waals surface area (Å²) in [5.74, 6) is 3.15. The molecule has 1 N–H and O–H groups in total. The van der Waals surface area contributed by atoms with Crippen LogP contribution in [-0.2, 0) is 42.4 Å². The Balaban J connectivity index is 0.00000792. The molecule has 12 nitrogen and oxygen atoms in total. The first-order valence-electron chi connectivity index (χ1n) is 28.0. The fourth-order valence-corrected chi connectivity index (χ4v) is 11.2. The van der Waals surface area contributed by atoms with E-state index in [1.165, 1.54) is 24.8 Å². The molecule has 2 unspecified atom stereocenters. The van der Waals surface area contributed by atoms with Gasteiger partial charge in [0.05, 0.1) is 28.3 Å². The number of carbonyl (C=O) groups excluding carboxylic acids is 1. The van der Waals surface area contributed by atoms with Crippen molar-refractivity contribution in [1.82, 2.24) is 20.1 Å². The molecule has 81 heavy (non-hydrogen) atoms. The van der Waals surface area contributed by atoms with Gasteiger partial charge >= 0.3 is 37.1 Å². The first-order valence-corrected chi connectivity index (χ1v) is 28.8. The number of halogens is 2.